The summed E-state index contributed by atoms with van der Waals surface area (Å²) in [5, 5.41) is 5.21. The Morgan fingerprint density at radius 2 is 1.68 bits per heavy atom. The van der Waals surface area contributed by atoms with E-state index in [2.05, 4.69) is 34.9 Å². The van der Waals surface area contributed by atoms with E-state index in [-0.39, 0.29) is 18.8 Å². The number of carbonyl (C=O) groups is 4. The average Bonchev–Trinajstić information content (AvgIpc) is 2.85. The molecule has 0 fully saturated rings. The molecule has 0 saturated heterocycles. The van der Waals surface area contributed by atoms with Crippen LogP contribution in [0.2, 0.25) is 0 Å². The quantitative estimate of drug-likeness (QED) is 0.181. The summed E-state index contributed by atoms with van der Waals surface area (Å²) in [6.45, 7) is 11.2. The maximum Gasteiger partial charge on any atom is 0.408 e. The van der Waals surface area contributed by atoms with Crippen molar-refractivity contribution in [2.75, 3.05) is 26.0 Å². The summed E-state index contributed by atoms with van der Waals surface area (Å²) >= 11 is 4.31. The van der Waals surface area contributed by atoms with Crippen molar-refractivity contribution < 1.29 is 28.7 Å². The van der Waals surface area contributed by atoms with Crippen molar-refractivity contribution in [3.63, 3.8) is 0 Å². The summed E-state index contributed by atoms with van der Waals surface area (Å²) in [5.74, 6) is -1.57. The van der Waals surface area contributed by atoms with Crippen LogP contribution >= 0.6 is 12.6 Å². The second kappa shape index (κ2) is 16.3. The number of benzene rings is 1. The normalized spacial score (nSPS) is 12.7. The molecule has 10 heteroatoms. The van der Waals surface area contributed by atoms with E-state index in [1.165, 1.54) is 12.0 Å². The molecular formula is C28H45N3O6S. The fourth-order valence-electron chi connectivity index (χ4n) is 3.82. The molecule has 1 aromatic rings. The fourth-order valence-corrected chi connectivity index (χ4v) is 4.07. The van der Waals surface area contributed by atoms with Crippen LogP contribution in [0.4, 0.5) is 4.79 Å². The lowest BCUT2D eigenvalue weighted by molar-refractivity contribution is -0.144. The molecule has 0 aliphatic carbocycles. The van der Waals surface area contributed by atoms with Gasteiger partial charge < -0.3 is 25.0 Å². The van der Waals surface area contributed by atoms with Gasteiger partial charge >= 0.3 is 12.1 Å². The number of thiol groups is 1. The molecule has 0 aromatic heterocycles. The number of alkyl carbamates (subject to hydrolysis) is 1. The van der Waals surface area contributed by atoms with Gasteiger partial charge in [-0.1, -0.05) is 50.8 Å². The third kappa shape index (κ3) is 11.3. The van der Waals surface area contributed by atoms with E-state index < -0.39 is 41.6 Å². The summed E-state index contributed by atoms with van der Waals surface area (Å²) in [5.41, 5.74) is 1.86. The van der Waals surface area contributed by atoms with E-state index in [0.717, 1.165) is 36.8 Å². The number of rotatable bonds is 14. The lowest BCUT2D eigenvalue weighted by atomic mass is 9.98. The molecule has 0 saturated carbocycles. The first-order valence-corrected chi connectivity index (χ1v) is 13.8. The number of carbonyl (C=O) groups excluding carboxylic acids is 4. The minimum Gasteiger partial charge on any atom is -0.468 e. The monoisotopic (exact) mass is 551 g/mol. The molecule has 214 valence electrons. The van der Waals surface area contributed by atoms with Gasteiger partial charge in [0.25, 0.3) is 0 Å². The van der Waals surface area contributed by atoms with Gasteiger partial charge in [0.05, 0.1) is 7.11 Å². The summed E-state index contributed by atoms with van der Waals surface area (Å²) in [6, 6.07) is 3.52. The van der Waals surface area contributed by atoms with Crippen LogP contribution in [0.15, 0.2) is 18.2 Å². The molecule has 2 atom stereocenters. The lowest BCUT2D eigenvalue weighted by Gasteiger charge is -2.34. The highest BCUT2D eigenvalue weighted by atomic mass is 32.1. The van der Waals surface area contributed by atoms with Gasteiger partial charge in [0.1, 0.15) is 24.2 Å². The molecule has 0 bridgehead atoms. The number of methoxy groups -OCH3 is 1. The fraction of sp³-hybridized carbons (Fsp3) is 0.643. The van der Waals surface area contributed by atoms with Crippen molar-refractivity contribution in [1.29, 1.82) is 0 Å². The Labute approximate surface area is 232 Å². The summed E-state index contributed by atoms with van der Waals surface area (Å²) in [4.78, 5) is 53.1. The van der Waals surface area contributed by atoms with E-state index in [0.29, 0.717) is 12.0 Å². The molecule has 0 spiro atoms. The number of amides is 3. The molecule has 38 heavy (non-hydrogen) atoms. The highest BCUT2D eigenvalue weighted by molar-refractivity contribution is 7.80. The average molecular weight is 552 g/mol. The number of unbranched alkanes of at least 4 members (excludes halogenated alkanes) is 4. The number of esters is 1. The number of nitrogens with one attached hydrogen (secondary N) is 2. The van der Waals surface area contributed by atoms with E-state index in [1.807, 2.05) is 26.0 Å². The number of aryl methyl sites for hydroxylation is 2. The van der Waals surface area contributed by atoms with E-state index in [9.17, 15) is 19.2 Å². The SMILES string of the molecule is CCCCCCCN(C(=O)C(CS)NC(=O)OC(C)(C)C)C(C(=O)NCC(=O)OC)c1ccc(C)c(C)c1. The molecule has 0 heterocycles. The van der Waals surface area contributed by atoms with Gasteiger partial charge in [-0.05, 0) is 57.7 Å². The van der Waals surface area contributed by atoms with Gasteiger partial charge in [0.15, 0.2) is 0 Å². The van der Waals surface area contributed by atoms with Crippen molar-refractivity contribution in [3.8, 4) is 0 Å². The zero-order valence-electron chi connectivity index (χ0n) is 23.9. The highest BCUT2D eigenvalue weighted by Crippen LogP contribution is 2.26. The van der Waals surface area contributed by atoms with Crippen LogP contribution in [0, 0.1) is 13.8 Å². The molecule has 2 N–H and O–H groups in total. The predicted molar refractivity (Wildman–Crippen MR) is 151 cm³/mol. The zero-order valence-corrected chi connectivity index (χ0v) is 24.8. The Morgan fingerprint density at radius 3 is 2.24 bits per heavy atom. The second-order valence-corrected chi connectivity index (χ2v) is 10.7. The Bertz CT molecular complexity index is 947. The molecule has 0 radical (unpaired) electrons. The summed E-state index contributed by atoms with van der Waals surface area (Å²) < 4.78 is 10.0. The van der Waals surface area contributed by atoms with Crippen LogP contribution in [-0.2, 0) is 23.9 Å². The zero-order chi connectivity index (χ0) is 28.9. The smallest absolute Gasteiger partial charge is 0.408 e. The maximum absolute atomic E-state index is 13.9. The minimum absolute atomic E-state index is 0.00777. The Morgan fingerprint density at radius 1 is 1.03 bits per heavy atom. The van der Waals surface area contributed by atoms with Gasteiger partial charge in [0, 0.05) is 12.3 Å². The van der Waals surface area contributed by atoms with Gasteiger partial charge in [-0.15, -0.1) is 0 Å². The Hall–Kier alpha value is -2.75. The van der Waals surface area contributed by atoms with Crippen molar-refractivity contribution >= 4 is 36.5 Å². The van der Waals surface area contributed by atoms with Crippen LogP contribution < -0.4 is 10.6 Å². The van der Waals surface area contributed by atoms with E-state index >= 15 is 0 Å². The number of hydrogen-bond acceptors (Lipinski definition) is 7. The van der Waals surface area contributed by atoms with Gasteiger partial charge in [0.2, 0.25) is 11.8 Å². The number of ether oxygens (including phenoxy) is 2. The third-order valence-electron chi connectivity index (χ3n) is 6.00. The van der Waals surface area contributed by atoms with E-state index in [4.69, 9.17) is 4.74 Å². The summed E-state index contributed by atoms with van der Waals surface area (Å²) in [7, 11) is 1.24. The maximum atomic E-state index is 13.9. The van der Waals surface area contributed by atoms with Crippen LogP contribution in [-0.4, -0.2) is 66.4 Å². The van der Waals surface area contributed by atoms with Crippen molar-refractivity contribution in [2.45, 2.75) is 91.3 Å². The van der Waals surface area contributed by atoms with Crippen molar-refractivity contribution in [1.82, 2.24) is 15.5 Å². The minimum atomic E-state index is -1.03. The van der Waals surface area contributed by atoms with Crippen molar-refractivity contribution in [3.05, 3.63) is 34.9 Å². The first kappa shape index (κ1) is 33.3. The number of nitrogens with zero attached hydrogens (tertiary/aromatic N) is 1. The Balaban J connectivity index is 3.42. The van der Waals surface area contributed by atoms with E-state index in [1.54, 1.807) is 26.8 Å². The van der Waals surface area contributed by atoms with Crippen LogP contribution in [0.3, 0.4) is 0 Å². The van der Waals surface area contributed by atoms with Crippen LogP contribution in [0.25, 0.3) is 0 Å². The van der Waals surface area contributed by atoms with Gasteiger partial charge in [-0.3, -0.25) is 14.4 Å². The lowest BCUT2D eigenvalue weighted by Crippen LogP contribution is -2.54. The molecule has 1 rings (SSSR count). The molecule has 2 unspecified atom stereocenters. The molecule has 0 aliphatic rings. The number of hydrogen-bond donors (Lipinski definition) is 3. The van der Waals surface area contributed by atoms with Gasteiger partial charge in [-0.25, -0.2) is 4.79 Å². The third-order valence-corrected chi connectivity index (χ3v) is 6.36. The predicted octanol–water partition coefficient (Wildman–Crippen LogP) is 4.26. The van der Waals surface area contributed by atoms with Gasteiger partial charge in [-0.2, -0.15) is 12.6 Å². The molecule has 1 aromatic carbocycles. The standard InChI is InChI=1S/C28H45N3O6S/c1-8-9-10-11-12-15-31(26(34)22(18-38)30-27(35)37-28(4,5)6)24(25(33)29-17-23(32)36-7)21-14-13-19(2)20(3)16-21/h13-14,16,22,24,38H,8-12,15,17-18H2,1-7H3,(H,29,33)(H,30,35). The first-order valence-electron chi connectivity index (χ1n) is 13.2. The summed E-state index contributed by atoms with van der Waals surface area (Å²) in [6.07, 6.45) is 3.97. The second-order valence-electron chi connectivity index (χ2n) is 10.4. The molecule has 0 aliphatic heterocycles. The molecule has 3 amide bonds. The molecule has 9 nitrogen and oxygen atoms in total. The molecular weight excluding hydrogens is 506 g/mol. The highest BCUT2D eigenvalue weighted by Gasteiger charge is 2.36. The first-order chi connectivity index (χ1) is 17.8. The topological polar surface area (TPSA) is 114 Å². The largest absolute Gasteiger partial charge is 0.468 e. The van der Waals surface area contributed by atoms with Crippen LogP contribution in [0.5, 0.6) is 0 Å². The van der Waals surface area contributed by atoms with Crippen LogP contribution in [0.1, 0.15) is 82.5 Å². The Kier molecular flexibility index (Phi) is 14.2. The van der Waals surface area contributed by atoms with Crippen molar-refractivity contribution in [2.24, 2.45) is 0 Å².